The van der Waals surface area contributed by atoms with Crippen molar-refractivity contribution >= 4 is 23.1 Å². The van der Waals surface area contributed by atoms with Crippen molar-refractivity contribution in [2.24, 2.45) is 11.8 Å². The third kappa shape index (κ3) is 3.84. The molecule has 0 unspecified atom stereocenters. The number of aliphatic carboxylic acids is 1. The maximum Gasteiger partial charge on any atom is 0.307 e. The maximum atomic E-state index is 13.2. The van der Waals surface area contributed by atoms with Crippen molar-refractivity contribution < 1.29 is 19.2 Å². The molecule has 30 heavy (non-hydrogen) atoms. The van der Waals surface area contributed by atoms with Crippen molar-refractivity contribution in [2.45, 2.75) is 83.0 Å². The lowest BCUT2D eigenvalue weighted by molar-refractivity contribution is -0.148. The number of carboxylic acids is 1. The topological polar surface area (TPSA) is 93.3 Å². The minimum absolute atomic E-state index is 0.0571. The van der Waals surface area contributed by atoms with E-state index in [1.54, 1.807) is 11.3 Å². The summed E-state index contributed by atoms with van der Waals surface area (Å²) >= 11 is 1.71. The quantitative estimate of drug-likeness (QED) is 0.655. The van der Waals surface area contributed by atoms with E-state index in [1.165, 1.54) is 23.3 Å². The second-order valence-electron chi connectivity index (χ2n) is 9.07. The molecule has 2 saturated carbocycles. The number of ketones is 1. The van der Waals surface area contributed by atoms with E-state index in [-0.39, 0.29) is 18.1 Å². The van der Waals surface area contributed by atoms with Gasteiger partial charge in [-0.3, -0.25) is 9.59 Å². The number of fused-ring (bicyclic) bond motifs is 1. The first-order valence-electron chi connectivity index (χ1n) is 11.3. The number of Topliss-reactive ketones (excluding diaryl/α,β-unsaturated/α-hetero) is 1. The minimum atomic E-state index is -0.832. The zero-order valence-corrected chi connectivity index (χ0v) is 18.0. The summed E-state index contributed by atoms with van der Waals surface area (Å²) in [6.45, 7) is 0. The second-order valence-corrected chi connectivity index (χ2v) is 10.3. The van der Waals surface area contributed by atoms with E-state index in [1.807, 2.05) is 0 Å². The Morgan fingerprint density at radius 3 is 2.53 bits per heavy atom. The predicted octanol–water partition coefficient (Wildman–Crippen LogP) is 4.95. The van der Waals surface area contributed by atoms with Gasteiger partial charge in [0.2, 0.25) is 0 Å². The SMILES string of the molecule is O=C(O)[C@H]1CCCC[C@@H]1C(=O)Cc1sc2c(c1-c1nc(C3CC3)no1)CCCCC2. The average Bonchev–Trinajstić information content (AvgIpc) is 3.45. The third-order valence-corrected chi connectivity index (χ3v) is 8.22. The van der Waals surface area contributed by atoms with Crippen molar-refractivity contribution in [3.63, 3.8) is 0 Å². The van der Waals surface area contributed by atoms with Crippen molar-refractivity contribution in [2.75, 3.05) is 0 Å². The van der Waals surface area contributed by atoms with Crippen LogP contribution in [0, 0.1) is 11.8 Å². The molecule has 0 bridgehead atoms. The van der Waals surface area contributed by atoms with Gasteiger partial charge < -0.3 is 9.63 Å². The number of hydrogen-bond donors (Lipinski definition) is 1. The van der Waals surface area contributed by atoms with E-state index >= 15 is 0 Å². The van der Waals surface area contributed by atoms with Gasteiger partial charge in [-0.25, -0.2) is 0 Å². The molecular formula is C23H28N2O4S. The Bertz CT molecular complexity index is 959. The summed E-state index contributed by atoms with van der Waals surface area (Å²) in [7, 11) is 0. The molecule has 3 aliphatic rings. The second kappa shape index (κ2) is 8.25. The number of aromatic nitrogens is 2. The van der Waals surface area contributed by atoms with Gasteiger partial charge in [-0.2, -0.15) is 4.98 Å². The van der Waals surface area contributed by atoms with Gasteiger partial charge in [0.25, 0.3) is 5.89 Å². The van der Waals surface area contributed by atoms with Crippen LogP contribution in [0.4, 0.5) is 0 Å². The van der Waals surface area contributed by atoms with Crippen LogP contribution < -0.4 is 0 Å². The molecule has 2 heterocycles. The summed E-state index contributed by atoms with van der Waals surface area (Å²) in [6, 6.07) is 0. The van der Waals surface area contributed by atoms with E-state index in [2.05, 4.69) is 5.16 Å². The van der Waals surface area contributed by atoms with Crippen LogP contribution in [0.1, 0.15) is 84.8 Å². The molecule has 0 radical (unpaired) electrons. The van der Waals surface area contributed by atoms with Gasteiger partial charge in [0.1, 0.15) is 5.78 Å². The molecule has 3 aliphatic carbocycles. The number of carbonyl (C=O) groups is 2. The molecule has 1 N–H and O–H groups in total. The van der Waals surface area contributed by atoms with Crippen LogP contribution in [-0.4, -0.2) is 27.0 Å². The van der Waals surface area contributed by atoms with Crippen molar-refractivity contribution in [3.05, 3.63) is 21.1 Å². The van der Waals surface area contributed by atoms with Crippen LogP contribution >= 0.6 is 11.3 Å². The number of carbonyl (C=O) groups excluding carboxylic acids is 1. The molecule has 0 saturated heterocycles. The number of carboxylic acid groups (broad SMARTS) is 1. The van der Waals surface area contributed by atoms with Gasteiger partial charge in [0.15, 0.2) is 5.82 Å². The molecule has 0 aliphatic heterocycles. The highest BCUT2D eigenvalue weighted by molar-refractivity contribution is 7.12. The number of aryl methyl sites for hydroxylation is 1. The molecule has 2 aromatic rings. The van der Waals surface area contributed by atoms with Crippen molar-refractivity contribution in [3.8, 4) is 11.5 Å². The van der Waals surface area contributed by atoms with Crippen LogP contribution in [0.25, 0.3) is 11.5 Å². The summed E-state index contributed by atoms with van der Waals surface area (Å²) in [4.78, 5) is 32.0. The van der Waals surface area contributed by atoms with E-state index < -0.39 is 11.9 Å². The molecule has 7 heteroatoms. The molecule has 2 atom stereocenters. The molecular weight excluding hydrogens is 400 g/mol. The number of hydrogen-bond acceptors (Lipinski definition) is 6. The molecule has 0 aromatic carbocycles. The molecule has 2 aromatic heterocycles. The van der Waals surface area contributed by atoms with E-state index in [0.717, 1.165) is 61.2 Å². The summed E-state index contributed by atoms with van der Waals surface area (Å²) < 4.78 is 5.68. The fraction of sp³-hybridized carbons (Fsp3) is 0.652. The van der Waals surface area contributed by atoms with Gasteiger partial charge in [-0.05, 0) is 56.9 Å². The highest BCUT2D eigenvalue weighted by Crippen LogP contribution is 2.43. The number of nitrogens with zero attached hydrogens (tertiary/aromatic N) is 2. The van der Waals surface area contributed by atoms with E-state index in [0.29, 0.717) is 24.7 Å². The summed E-state index contributed by atoms with van der Waals surface area (Å²) in [6.07, 6.45) is 11.2. The number of thiophene rings is 1. The van der Waals surface area contributed by atoms with Crippen molar-refractivity contribution in [1.29, 1.82) is 0 Å². The summed E-state index contributed by atoms with van der Waals surface area (Å²) in [5.74, 6) is 0.0611. The molecule has 0 spiro atoms. The Kier molecular flexibility index (Phi) is 5.48. The van der Waals surface area contributed by atoms with Crippen LogP contribution in [0.3, 0.4) is 0 Å². The Labute approximate surface area is 180 Å². The lowest BCUT2D eigenvalue weighted by atomic mass is 9.76. The predicted molar refractivity (Wildman–Crippen MR) is 113 cm³/mol. The first-order chi connectivity index (χ1) is 14.6. The first-order valence-corrected chi connectivity index (χ1v) is 12.2. The van der Waals surface area contributed by atoms with E-state index in [4.69, 9.17) is 9.51 Å². The lowest BCUT2D eigenvalue weighted by Gasteiger charge is -2.27. The van der Waals surface area contributed by atoms with E-state index in [9.17, 15) is 14.7 Å². The first kappa shape index (κ1) is 19.9. The Hall–Kier alpha value is -2.02. The van der Waals surface area contributed by atoms with Crippen LogP contribution in [0.2, 0.25) is 0 Å². The smallest absolute Gasteiger partial charge is 0.307 e. The van der Waals surface area contributed by atoms with Gasteiger partial charge in [0, 0.05) is 28.0 Å². The summed E-state index contributed by atoms with van der Waals surface area (Å²) in [5.41, 5.74) is 2.26. The Morgan fingerprint density at radius 2 is 1.77 bits per heavy atom. The van der Waals surface area contributed by atoms with Crippen molar-refractivity contribution in [1.82, 2.24) is 10.1 Å². The molecule has 2 fully saturated rings. The van der Waals surface area contributed by atoms with Crippen LogP contribution in [-0.2, 0) is 28.9 Å². The van der Waals surface area contributed by atoms with Gasteiger partial charge in [0.05, 0.1) is 11.5 Å². The number of rotatable bonds is 6. The van der Waals surface area contributed by atoms with Gasteiger partial charge >= 0.3 is 5.97 Å². The fourth-order valence-electron chi connectivity index (χ4n) is 5.12. The normalized spacial score (nSPS) is 24.3. The average molecular weight is 429 g/mol. The standard InChI is InChI=1S/C23H28N2O4S/c26-17(14-6-4-5-7-15(14)23(27)28)12-19-20(16-8-2-1-3-9-18(16)30-19)22-24-21(25-29-22)13-10-11-13/h13-15H,1-12H2,(H,27,28)/t14-,15-/m0/s1. The molecule has 6 nitrogen and oxygen atoms in total. The molecule has 0 amide bonds. The van der Waals surface area contributed by atoms with Gasteiger partial charge in [-0.15, -0.1) is 11.3 Å². The minimum Gasteiger partial charge on any atom is -0.481 e. The summed E-state index contributed by atoms with van der Waals surface area (Å²) in [5, 5.41) is 13.8. The molecule has 160 valence electrons. The zero-order valence-electron chi connectivity index (χ0n) is 17.2. The van der Waals surface area contributed by atoms with Crippen LogP contribution in [0.15, 0.2) is 4.52 Å². The lowest BCUT2D eigenvalue weighted by Crippen LogP contribution is -2.33. The zero-order chi connectivity index (χ0) is 20.7. The molecule has 5 rings (SSSR count). The largest absolute Gasteiger partial charge is 0.481 e. The van der Waals surface area contributed by atoms with Gasteiger partial charge in [-0.1, -0.05) is 24.4 Å². The monoisotopic (exact) mass is 428 g/mol. The Balaban J connectivity index is 1.47. The fourth-order valence-corrected chi connectivity index (χ4v) is 6.52. The third-order valence-electron chi connectivity index (χ3n) is 6.92. The van der Waals surface area contributed by atoms with Crippen LogP contribution in [0.5, 0.6) is 0 Å². The highest BCUT2D eigenvalue weighted by atomic mass is 32.1. The highest BCUT2D eigenvalue weighted by Gasteiger charge is 2.37. The Morgan fingerprint density at radius 1 is 1.00 bits per heavy atom. The maximum absolute atomic E-state index is 13.2.